The highest BCUT2D eigenvalue weighted by atomic mass is 32.2. The van der Waals surface area contributed by atoms with Crippen molar-refractivity contribution < 1.29 is 17.5 Å². The summed E-state index contributed by atoms with van der Waals surface area (Å²) in [5, 5.41) is 3.10. The van der Waals surface area contributed by atoms with Crippen molar-refractivity contribution >= 4 is 16.0 Å². The molecule has 1 aliphatic heterocycles. The van der Waals surface area contributed by atoms with E-state index in [9.17, 15) is 13.2 Å². The molecule has 0 saturated carbocycles. The predicted octanol–water partition coefficient (Wildman–Crippen LogP) is 2.25. The number of hydrogen-bond acceptors (Lipinski definition) is 7. The predicted molar refractivity (Wildman–Crippen MR) is 122 cm³/mol. The van der Waals surface area contributed by atoms with Crippen LogP contribution in [0.2, 0.25) is 0 Å². The van der Waals surface area contributed by atoms with Crippen LogP contribution in [0.25, 0.3) is 0 Å². The van der Waals surface area contributed by atoms with Gasteiger partial charge in [0.15, 0.2) is 0 Å². The van der Waals surface area contributed by atoms with Crippen LogP contribution in [0.4, 0.5) is 0 Å². The number of nitrogens with one attached hydrogen (secondary N) is 2. The van der Waals surface area contributed by atoms with Gasteiger partial charge in [0.25, 0.3) is 0 Å². The van der Waals surface area contributed by atoms with E-state index in [-0.39, 0.29) is 17.5 Å². The molecule has 176 valence electrons. The average molecular weight is 455 g/mol. The van der Waals surface area contributed by atoms with Crippen LogP contribution in [0.15, 0.2) is 29.2 Å². The van der Waals surface area contributed by atoms with Crippen LogP contribution < -0.4 is 10.8 Å². The summed E-state index contributed by atoms with van der Waals surface area (Å²) in [4.78, 5) is 16.9. The standard InChI is InChI=1S/C22H38N4O4S/c1-17-10-12-20(13-11-17)31(28,29)30-23-16-25(6)15-22(4,5)24-21(27)14-26-18(2)8-7-9-19(26)3/h10-13,18-19,23H,7-9,14-16H2,1-6H3,(H,24,27). The number of piperidine rings is 1. The third-order valence-electron chi connectivity index (χ3n) is 5.66. The van der Waals surface area contributed by atoms with Crippen LogP contribution in [0, 0.1) is 6.92 Å². The van der Waals surface area contributed by atoms with Gasteiger partial charge in [-0.25, -0.2) is 0 Å². The van der Waals surface area contributed by atoms with Crippen molar-refractivity contribution in [2.75, 3.05) is 26.8 Å². The molecule has 1 aromatic carbocycles. The highest BCUT2D eigenvalue weighted by Gasteiger charge is 2.29. The van der Waals surface area contributed by atoms with Gasteiger partial charge in [-0.1, -0.05) is 24.1 Å². The van der Waals surface area contributed by atoms with Crippen LogP contribution >= 0.6 is 0 Å². The van der Waals surface area contributed by atoms with Crippen LogP contribution in [0.5, 0.6) is 0 Å². The Balaban J connectivity index is 1.78. The molecule has 0 spiro atoms. The van der Waals surface area contributed by atoms with Gasteiger partial charge in [0.2, 0.25) is 5.91 Å². The first-order valence-corrected chi connectivity index (χ1v) is 12.3. The van der Waals surface area contributed by atoms with E-state index in [1.807, 2.05) is 32.7 Å². The number of hydrogen-bond donors (Lipinski definition) is 2. The summed E-state index contributed by atoms with van der Waals surface area (Å²) in [5.41, 5.74) is 3.00. The van der Waals surface area contributed by atoms with E-state index in [4.69, 9.17) is 4.28 Å². The van der Waals surface area contributed by atoms with Crippen molar-refractivity contribution in [1.29, 1.82) is 0 Å². The van der Waals surface area contributed by atoms with E-state index in [2.05, 4.69) is 29.5 Å². The van der Waals surface area contributed by atoms with Crippen LogP contribution in [-0.4, -0.2) is 68.6 Å². The molecule has 2 unspecified atom stereocenters. The normalized spacial score (nSPS) is 20.7. The zero-order valence-corrected chi connectivity index (χ0v) is 20.5. The minimum Gasteiger partial charge on any atom is -0.349 e. The number of nitrogens with zero attached hydrogens (tertiary/aromatic N) is 2. The Hall–Kier alpha value is -1.52. The lowest BCUT2D eigenvalue weighted by Gasteiger charge is -2.39. The van der Waals surface area contributed by atoms with Crippen LogP contribution in [0.3, 0.4) is 0 Å². The quantitative estimate of drug-likeness (QED) is 0.414. The molecule has 2 rings (SSSR count). The van der Waals surface area contributed by atoms with E-state index >= 15 is 0 Å². The molecule has 1 saturated heterocycles. The van der Waals surface area contributed by atoms with Gasteiger partial charge in [0.05, 0.1) is 18.1 Å². The number of aryl methyl sites for hydroxylation is 1. The number of hydroxylamine groups is 1. The Labute approximate surface area is 187 Å². The first-order chi connectivity index (χ1) is 14.4. The molecule has 1 heterocycles. The summed E-state index contributed by atoms with van der Waals surface area (Å²) in [6.45, 7) is 11.2. The summed E-state index contributed by atoms with van der Waals surface area (Å²) in [6.07, 6.45) is 3.47. The van der Waals surface area contributed by atoms with Crippen molar-refractivity contribution in [1.82, 2.24) is 20.6 Å². The first-order valence-electron chi connectivity index (χ1n) is 10.9. The summed E-state index contributed by atoms with van der Waals surface area (Å²) in [7, 11) is -2.04. The number of carbonyl (C=O) groups is 1. The van der Waals surface area contributed by atoms with Crippen molar-refractivity contribution in [3.63, 3.8) is 0 Å². The number of carbonyl (C=O) groups excluding carboxylic acids is 1. The molecule has 0 aliphatic carbocycles. The Morgan fingerprint density at radius 3 is 2.35 bits per heavy atom. The number of amides is 1. The van der Waals surface area contributed by atoms with Gasteiger partial charge in [0, 0.05) is 24.2 Å². The molecule has 2 atom stereocenters. The largest absolute Gasteiger partial charge is 0.349 e. The zero-order chi connectivity index (χ0) is 23.2. The number of likely N-dealkylation sites (N-methyl/N-ethyl adjacent to an activating group) is 1. The molecule has 8 nitrogen and oxygen atoms in total. The van der Waals surface area contributed by atoms with E-state index in [0.29, 0.717) is 25.2 Å². The number of likely N-dealkylation sites (tertiary alicyclic amines) is 1. The van der Waals surface area contributed by atoms with E-state index in [1.165, 1.54) is 18.6 Å². The lowest BCUT2D eigenvalue weighted by Crippen LogP contribution is -2.56. The van der Waals surface area contributed by atoms with E-state index in [1.54, 1.807) is 12.1 Å². The Bertz CT molecular complexity index is 816. The number of rotatable bonds is 10. The molecular formula is C22H38N4O4S. The lowest BCUT2D eigenvalue weighted by atomic mass is 9.97. The molecule has 1 aliphatic rings. The van der Waals surface area contributed by atoms with Crippen molar-refractivity contribution in [2.45, 2.75) is 76.4 Å². The monoisotopic (exact) mass is 454 g/mol. The Morgan fingerprint density at radius 2 is 1.77 bits per heavy atom. The molecule has 1 fully saturated rings. The van der Waals surface area contributed by atoms with Gasteiger partial charge in [0.1, 0.15) is 0 Å². The molecule has 31 heavy (non-hydrogen) atoms. The Kier molecular flexibility index (Phi) is 9.03. The third-order valence-corrected chi connectivity index (χ3v) is 6.84. The SMILES string of the molecule is Cc1ccc(S(=O)(=O)ONCN(C)CC(C)(C)NC(=O)CN2C(C)CCCC2C)cc1. The van der Waals surface area contributed by atoms with Crippen molar-refractivity contribution in [3.05, 3.63) is 29.8 Å². The molecule has 1 aromatic rings. The maximum Gasteiger partial charge on any atom is 0.312 e. The van der Waals surface area contributed by atoms with Gasteiger partial charge >= 0.3 is 10.1 Å². The van der Waals surface area contributed by atoms with Gasteiger partial charge in [-0.05, 0) is 66.6 Å². The maximum absolute atomic E-state index is 12.6. The minimum atomic E-state index is -3.88. The lowest BCUT2D eigenvalue weighted by molar-refractivity contribution is -0.125. The van der Waals surface area contributed by atoms with E-state index < -0.39 is 15.7 Å². The second-order valence-electron chi connectivity index (χ2n) is 9.40. The summed E-state index contributed by atoms with van der Waals surface area (Å²) < 4.78 is 29.4. The number of benzene rings is 1. The smallest absolute Gasteiger partial charge is 0.312 e. The highest BCUT2D eigenvalue weighted by molar-refractivity contribution is 7.86. The molecule has 2 N–H and O–H groups in total. The van der Waals surface area contributed by atoms with Crippen molar-refractivity contribution in [3.8, 4) is 0 Å². The molecular weight excluding hydrogens is 416 g/mol. The summed E-state index contributed by atoms with van der Waals surface area (Å²) in [6, 6.07) is 7.30. The van der Waals surface area contributed by atoms with Crippen LogP contribution in [0.1, 0.15) is 52.5 Å². The van der Waals surface area contributed by atoms with Crippen molar-refractivity contribution in [2.24, 2.45) is 0 Å². The molecule has 9 heteroatoms. The van der Waals surface area contributed by atoms with Gasteiger partial charge in [-0.3, -0.25) is 14.6 Å². The second kappa shape index (κ2) is 10.9. The first kappa shape index (κ1) is 25.7. The fourth-order valence-electron chi connectivity index (χ4n) is 4.11. The van der Waals surface area contributed by atoms with Gasteiger partial charge < -0.3 is 5.32 Å². The molecule has 0 bridgehead atoms. The molecule has 0 radical (unpaired) electrons. The molecule has 0 aromatic heterocycles. The fourth-order valence-corrected chi connectivity index (χ4v) is 4.88. The third kappa shape index (κ3) is 8.16. The molecule has 1 amide bonds. The fraction of sp³-hybridized carbons (Fsp3) is 0.682. The zero-order valence-electron chi connectivity index (χ0n) is 19.6. The topological polar surface area (TPSA) is 91.0 Å². The second-order valence-corrected chi connectivity index (χ2v) is 10.9. The summed E-state index contributed by atoms with van der Waals surface area (Å²) >= 11 is 0. The van der Waals surface area contributed by atoms with E-state index in [0.717, 1.165) is 18.4 Å². The highest BCUT2D eigenvalue weighted by Crippen LogP contribution is 2.22. The van der Waals surface area contributed by atoms with Crippen LogP contribution in [-0.2, 0) is 19.2 Å². The average Bonchev–Trinajstić information content (AvgIpc) is 2.64. The van der Waals surface area contributed by atoms with Gasteiger partial charge in [-0.2, -0.15) is 18.2 Å². The minimum absolute atomic E-state index is 0.00478. The summed E-state index contributed by atoms with van der Waals surface area (Å²) in [5.74, 6) is 0.00478. The Morgan fingerprint density at radius 1 is 1.19 bits per heavy atom. The van der Waals surface area contributed by atoms with Gasteiger partial charge in [-0.15, -0.1) is 0 Å². The maximum atomic E-state index is 12.6.